The van der Waals surface area contributed by atoms with E-state index in [2.05, 4.69) is 44.6 Å². The molecule has 2 atom stereocenters. The van der Waals surface area contributed by atoms with E-state index in [1.165, 1.54) is 6.07 Å². The van der Waals surface area contributed by atoms with Gasteiger partial charge in [0.25, 0.3) is 5.56 Å². The lowest BCUT2D eigenvalue weighted by Gasteiger charge is -2.08. The molecule has 3 aromatic heterocycles. The van der Waals surface area contributed by atoms with Gasteiger partial charge in [-0.25, -0.2) is 4.98 Å². The second-order valence-electron chi connectivity index (χ2n) is 8.28. The fourth-order valence-electron chi connectivity index (χ4n) is 3.77. The van der Waals surface area contributed by atoms with E-state index in [-0.39, 0.29) is 17.4 Å². The van der Waals surface area contributed by atoms with Gasteiger partial charge >= 0.3 is 0 Å². The van der Waals surface area contributed by atoms with Gasteiger partial charge in [-0.15, -0.1) is 10.2 Å². The van der Waals surface area contributed by atoms with E-state index in [4.69, 9.17) is 0 Å². The summed E-state index contributed by atoms with van der Waals surface area (Å²) in [5, 5.41) is 15.1. The number of nitrogens with zero attached hydrogens (tertiary/aromatic N) is 4. The predicted molar refractivity (Wildman–Crippen MR) is 131 cm³/mol. The van der Waals surface area contributed by atoms with Crippen molar-refractivity contribution in [3.8, 4) is 17.5 Å². The number of pyridine rings is 2. The van der Waals surface area contributed by atoms with Gasteiger partial charge in [-0.2, -0.15) is 0 Å². The van der Waals surface area contributed by atoms with E-state index in [0.29, 0.717) is 28.6 Å². The van der Waals surface area contributed by atoms with Gasteiger partial charge < -0.3 is 10.6 Å². The molecule has 3 heterocycles. The van der Waals surface area contributed by atoms with Gasteiger partial charge in [0.05, 0.1) is 5.56 Å². The minimum atomic E-state index is -0.0938. The lowest BCUT2D eigenvalue weighted by atomic mass is 10.1. The van der Waals surface area contributed by atoms with Gasteiger partial charge in [0, 0.05) is 48.1 Å². The quantitative estimate of drug-likeness (QED) is 0.463. The SMILES string of the molecule is CNc1ncc(C#Cc2ccc(-n3ccccc3=O)cc2)c2cc(NC(=O)[C@H]3C[C@H]3C)nnc12. The summed E-state index contributed by atoms with van der Waals surface area (Å²) in [7, 11) is 1.76. The van der Waals surface area contributed by atoms with E-state index < -0.39 is 0 Å². The molecular formula is C26H22N6O2. The molecule has 1 amide bonds. The van der Waals surface area contributed by atoms with E-state index in [1.807, 2.05) is 30.3 Å². The molecular weight excluding hydrogens is 428 g/mol. The maximum atomic E-state index is 12.3. The Balaban J connectivity index is 1.46. The molecule has 1 aromatic carbocycles. The van der Waals surface area contributed by atoms with Gasteiger partial charge in [0.15, 0.2) is 11.6 Å². The van der Waals surface area contributed by atoms with Gasteiger partial charge in [-0.1, -0.05) is 24.8 Å². The molecule has 1 saturated carbocycles. The third-order valence-electron chi connectivity index (χ3n) is 5.87. The number of carbonyl (C=O) groups is 1. The van der Waals surface area contributed by atoms with Crippen LogP contribution in [0.1, 0.15) is 24.5 Å². The first-order valence-corrected chi connectivity index (χ1v) is 11.0. The van der Waals surface area contributed by atoms with Crippen LogP contribution in [-0.4, -0.2) is 32.7 Å². The Morgan fingerprint density at radius 2 is 1.91 bits per heavy atom. The number of hydrogen-bond donors (Lipinski definition) is 2. The van der Waals surface area contributed by atoms with Crippen molar-refractivity contribution in [2.24, 2.45) is 11.8 Å². The van der Waals surface area contributed by atoms with E-state index in [1.54, 1.807) is 36.1 Å². The highest BCUT2D eigenvalue weighted by Gasteiger charge is 2.39. The number of hydrogen-bond acceptors (Lipinski definition) is 6. The fourth-order valence-corrected chi connectivity index (χ4v) is 3.77. The molecule has 0 radical (unpaired) electrons. The van der Waals surface area contributed by atoms with Crippen molar-refractivity contribution in [2.45, 2.75) is 13.3 Å². The first kappa shape index (κ1) is 21.3. The smallest absolute Gasteiger partial charge is 0.255 e. The molecule has 5 rings (SSSR count). The zero-order valence-corrected chi connectivity index (χ0v) is 18.7. The molecule has 8 nitrogen and oxygen atoms in total. The summed E-state index contributed by atoms with van der Waals surface area (Å²) in [6.07, 6.45) is 4.30. The van der Waals surface area contributed by atoms with Gasteiger partial charge in [0.2, 0.25) is 5.91 Å². The Kier molecular flexibility index (Phi) is 5.52. The van der Waals surface area contributed by atoms with Crippen LogP contribution in [0.4, 0.5) is 11.6 Å². The number of benzene rings is 1. The number of nitrogens with one attached hydrogen (secondary N) is 2. The Bertz CT molecular complexity index is 1510. The zero-order valence-electron chi connectivity index (χ0n) is 18.7. The minimum absolute atomic E-state index is 0.0331. The maximum absolute atomic E-state index is 12.3. The summed E-state index contributed by atoms with van der Waals surface area (Å²) in [5.41, 5.74) is 2.70. The summed E-state index contributed by atoms with van der Waals surface area (Å²) in [4.78, 5) is 28.8. The minimum Gasteiger partial charge on any atom is -0.371 e. The molecule has 1 aliphatic rings. The molecule has 0 spiro atoms. The van der Waals surface area contributed by atoms with Crippen molar-refractivity contribution in [2.75, 3.05) is 17.7 Å². The molecule has 0 saturated heterocycles. The van der Waals surface area contributed by atoms with Crippen LogP contribution in [0.15, 0.2) is 65.7 Å². The third kappa shape index (κ3) is 4.24. The molecule has 8 heteroatoms. The average Bonchev–Trinajstić information content (AvgIpc) is 3.60. The topological polar surface area (TPSA) is 102 Å². The highest BCUT2D eigenvalue weighted by atomic mass is 16.2. The lowest BCUT2D eigenvalue weighted by Crippen LogP contribution is -2.16. The molecule has 1 aliphatic carbocycles. The standard InChI is InChI=1S/C26H22N6O2/c1-16-13-20(16)26(34)29-22-14-21-18(15-28-25(27-2)24(21)31-30-22)9-6-17-7-10-19(11-8-17)32-12-4-3-5-23(32)33/h3-5,7-8,10-12,14-16,20H,13H2,1-2H3,(H,27,28)(H,29,30,34)/t16-,20+/m1/s1. The van der Waals surface area contributed by atoms with Crippen molar-refractivity contribution < 1.29 is 4.79 Å². The van der Waals surface area contributed by atoms with Crippen LogP contribution in [0.5, 0.6) is 0 Å². The van der Waals surface area contributed by atoms with Crippen LogP contribution in [0.3, 0.4) is 0 Å². The Hall–Kier alpha value is -4.51. The first-order valence-electron chi connectivity index (χ1n) is 11.0. The summed E-state index contributed by atoms with van der Waals surface area (Å²) >= 11 is 0. The van der Waals surface area contributed by atoms with Gasteiger partial charge in [-0.05, 0) is 48.7 Å². The van der Waals surface area contributed by atoms with E-state index in [9.17, 15) is 9.59 Å². The molecule has 1 fully saturated rings. The Morgan fingerprint density at radius 1 is 1.12 bits per heavy atom. The van der Waals surface area contributed by atoms with Crippen LogP contribution < -0.4 is 16.2 Å². The summed E-state index contributed by atoms with van der Waals surface area (Å²) in [5.74, 6) is 7.69. The summed E-state index contributed by atoms with van der Waals surface area (Å²) < 4.78 is 1.57. The molecule has 4 aromatic rings. The zero-order chi connectivity index (χ0) is 23.7. The second-order valence-corrected chi connectivity index (χ2v) is 8.28. The number of anilines is 2. The number of aromatic nitrogens is 4. The maximum Gasteiger partial charge on any atom is 0.255 e. The van der Waals surface area contributed by atoms with Crippen LogP contribution in [0.2, 0.25) is 0 Å². The van der Waals surface area contributed by atoms with Crippen LogP contribution in [0, 0.1) is 23.7 Å². The first-order chi connectivity index (χ1) is 16.5. The Morgan fingerprint density at radius 3 is 2.62 bits per heavy atom. The van der Waals surface area contributed by atoms with Crippen molar-refractivity contribution >= 4 is 28.4 Å². The second kappa shape index (κ2) is 8.79. The van der Waals surface area contributed by atoms with Crippen LogP contribution in [0.25, 0.3) is 16.6 Å². The van der Waals surface area contributed by atoms with E-state index >= 15 is 0 Å². The fraction of sp³-hybridized carbons (Fsp3) is 0.192. The lowest BCUT2D eigenvalue weighted by molar-refractivity contribution is -0.117. The van der Waals surface area contributed by atoms with Gasteiger partial charge in [-0.3, -0.25) is 14.2 Å². The number of carbonyl (C=O) groups excluding carboxylic acids is 1. The van der Waals surface area contributed by atoms with Crippen LogP contribution >= 0.6 is 0 Å². The normalized spacial score (nSPS) is 16.4. The summed E-state index contributed by atoms with van der Waals surface area (Å²) in [6.45, 7) is 2.06. The predicted octanol–water partition coefficient (Wildman–Crippen LogP) is 3.21. The average molecular weight is 451 g/mol. The largest absolute Gasteiger partial charge is 0.371 e. The highest BCUT2D eigenvalue weighted by molar-refractivity contribution is 5.97. The van der Waals surface area contributed by atoms with Crippen molar-refractivity contribution in [1.29, 1.82) is 0 Å². The van der Waals surface area contributed by atoms with Crippen LogP contribution in [-0.2, 0) is 4.79 Å². The third-order valence-corrected chi connectivity index (χ3v) is 5.87. The summed E-state index contributed by atoms with van der Waals surface area (Å²) in [6, 6.07) is 14.3. The number of amides is 1. The number of rotatable bonds is 4. The highest BCUT2D eigenvalue weighted by Crippen LogP contribution is 2.38. The van der Waals surface area contributed by atoms with Crippen molar-refractivity contribution in [1.82, 2.24) is 19.7 Å². The molecule has 0 unspecified atom stereocenters. The number of fused-ring (bicyclic) bond motifs is 1. The van der Waals surface area contributed by atoms with Crippen molar-refractivity contribution in [3.05, 3.63) is 82.4 Å². The van der Waals surface area contributed by atoms with Crippen molar-refractivity contribution in [3.63, 3.8) is 0 Å². The molecule has 34 heavy (non-hydrogen) atoms. The Labute approximate surface area is 196 Å². The van der Waals surface area contributed by atoms with E-state index in [0.717, 1.165) is 23.1 Å². The molecule has 168 valence electrons. The molecule has 0 bridgehead atoms. The molecule has 2 N–H and O–H groups in total. The van der Waals surface area contributed by atoms with Gasteiger partial charge in [0.1, 0.15) is 5.52 Å². The molecule has 0 aliphatic heterocycles. The monoisotopic (exact) mass is 450 g/mol.